The van der Waals surface area contributed by atoms with Gasteiger partial charge in [0.2, 0.25) is 11.7 Å². The van der Waals surface area contributed by atoms with Crippen LogP contribution in [0.25, 0.3) is 11.4 Å². The normalized spacial score (nSPS) is 19.9. The second-order valence-corrected chi connectivity index (χ2v) is 7.12. The van der Waals surface area contributed by atoms with E-state index >= 15 is 0 Å². The number of hydrogen-bond donors (Lipinski definition) is 1. The number of carbonyl (C=O) groups excluding carboxylic acids is 1. The van der Waals surface area contributed by atoms with E-state index in [2.05, 4.69) is 20.4 Å². The van der Waals surface area contributed by atoms with E-state index in [1.807, 2.05) is 17.0 Å². The average molecular weight is 465 g/mol. The first kappa shape index (κ1) is 23.9. The van der Waals surface area contributed by atoms with E-state index in [4.69, 9.17) is 20.9 Å². The van der Waals surface area contributed by atoms with E-state index in [9.17, 15) is 4.79 Å². The lowest BCUT2D eigenvalue weighted by Gasteiger charge is -2.36. The Hall–Kier alpha value is -1.42. The number of ether oxygens (including phenoxy) is 1. The lowest BCUT2D eigenvalue weighted by Crippen LogP contribution is -2.54. The van der Waals surface area contributed by atoms with Crippen LogP contribution in [-0.2, 0) is 16.1 Å². The molecule has 1 aromatic heterocycles. The Labute approximate surface area is 186 Å². The molecule has 2 aliphatic heterocycles. The first-order valence-electron chi connectivity index (χ1n) is 9.11. The molecule has 4 rings (SSSR count). The van der Waals surface area contributed by atoms with Gasteiger partial charge in [-0.15, -0.1) is 24.8 Å². The fourth-order valence-corrected chi connectivity index (χ4v) is 3.41. The highest BCUT2D eigenvalue weighted by Crippen LogP contribution is 2.19. The van der Waals surface area contributed by atoms with Crippen LogP contribution in [0.4, 0.5) is 0 Å². The van der Waals surface area contributed by atoms with Gasteiger partial charge in [0.05, 0.1) is 13.2 Å². The monoisotopic (exact) mass is 463 g/mol. The molecule has 1 unspecified atom stereocenters. The van der Waals surface area contributed by atoms with Crippen molar-refractivity contribution >= 4 is 42.3 Å². The summed E-state index contributed by atoms with van der Waals surface area (Å²) in [5.74, 6) is 1.20. The number of nitrogens with one attached hydrogen (secondary N) is 1. The van der Waals surface area contributed by atoms with Gasteiger partial charge in [-0.1, -0.05) is 16.8 Å². The van der Waals surface area contributed by atoms with Crippen LogP contribution in [0.1, 0.15) is 5.89 Å². The molecule has 2 aliphatic rings. The number of morpholine rings is 1. The van der Waals surface area contributed by atoms with E-state index in [0.29, 0.717) is 49.5 Å². The van der Waals surface area contributed by atoms with Gasteiger partial charge in [-0.05, 0) is 24.3 Å². The van der Waals surface area contributed by atoms with Gasteiger partial charge >= 0.3 is 0 Å². The average Bonchev–Trinajstić information content (AvgIpc) is 3.18. The highest BCUT2D eigenvalue weighted by molar-refractivity contribution is 6.30. The summed E-state index contributed by atoms with van der Waals surface area (Å²) in [5.41, 5.74) is 0.867. The van der Waals surface area contributed by atoms with Crippen molar-refractivity contribution in [3.8, 4) is 11.4 Å². The molecule has 3 heterocycles. The molecular weight excluding hydrogens is 441 g/mol. The van der Waals surface area contributed by atoms with Crippen molar-refractivity contribution in [2.75, 3.05) is 45.9 Å². The van der Waals surface area contributed by atoms with Crippen LogP contribution in [0.5, 0.6) is 0 Å². The molecule has 0 radical (unpaired) electrons. The molecule has 2 aromatic rings. The van der Waals surface area contributed by atoms with E-state index < -0.39 is 0 Å². The molecule has 1 N–H and O–H groups in total. The lowest BCUT2D eigenvalue weighted by molar-refractivity contribution is -0.147. The molecule has 8 nitrogen and oxygen atoms in total. The Morgan fingerprint density at radius 1 is 1.17 bits per heavy atom. The van der Waals surface area contributed by atoms with Crippen molar-refractivity contribution in [1.29, 1.82) is 0 Å². The number of hydrogen-bond acceptors (Lipinski definition) is 7. The maximum absolute atomic E-state index is 12.5. The molecule has 11 heteroatoms. The van der Waals surface area contributed by atoms with Crippen molar-refractivity contribution in [1.82, 2.24) is 25.3 Å². The second kappa shape index (κ2) is 11.1. The topological polar surface area (TPSA) is 83.7 Å². The largest absolute Gasteiger partial charge is 0.366 e. The van der Waals surface area contributed by atoms with Crippen molar-refractivity contribution in [3.05, 3.63) is 35.2 Å². The van der Waals surface area contributed by atoms with Crippen molar-refractivity contribution < 1.29 is 14.1 Å². The van der Waals surface area contributed by atoms with Crippen LogP contribution >= 0.6 is 36.4 Å². The number of halogens is 3. The molecule has 1 aromatic carbocycles. The summed E-state index contributed by atoms with van der Waals surface area (Å²) in [6.45, 7) is 5.45. The Morgan fingerprint density at radius 3 is 2.55 bits per heavy atom. The molecule has 0 spiro atoms. The summed E-state index contributed by atoms with van der Waals surface area (Å²) in [7, 11) is 0. The predicted octanol–water partition coefficient (Wildman–Crippen LogP) is 1.87. The molecule has 1 atom stereocenters. The molecule has 160 valence electrons. The van der Waals surface area contributed by atoms with E-state index in [0.717, 1.165) is 25.2 Å². The van der Waals surface area contributed by atoms with Crippen molar-refractivity contribution in [3.63, 3.8) is 0 Å². The summed E-state index contributed by atoms with van der Waals surface area (Å²) in [5, 5.41) is 7.91. The smallest absolute Gasteiger partial charge is 0.253 e. The summed E-state index contributed by atoms with van der Waals surface area (Å²) in [6.07, 6.45) is -0.358. The molecule has 2 saturated heterocycles. The first-order valence-corrected chi connectivity index (χ1v) is 9.49. The third-order valence-corrected chi connectivity index (χ3v) is 5.07. The summed E-state index contributed by atoms with van der Waals surface area (Å²) >= 11 is 5.91. The van der Waals surface area contributed by atoms with Crippen LogP contribution in [0.15, 0.2) is 28.8 Å². The molecule has 0 bridgehead atoms. The predicted molar refractivity (Wildman–Crippen MR) is 114 cm³/mol. The number of benzene rings is 1. The molecule has 1 amide bonds. The van der Waals surface area contributed by atoms with Gasteiger partial charge in [0.15, 0.2) is 0 Å². The minimum absolute atomic E-state index is 0. The molecular formula is C18H24Cl3N5O3. The lowest BCUT2D eigenvalue weighted by atomic mass is 10.2. The fourth-order valence-electron chi connectivity index (χ4n) is 3.28. The van der Waals surface area contributed by atoms with E-state index in [1.165, 1.54) is 0 Å². The molecule has 0 aliphatic carbocycles. The number of nitrogens with zero attached hydrogens (tertiary/aromatic N) is 4. The Morgan fingerprint density at radius 2 is 1.90 bits per heavy atom. The Balaban J connectivity index is 0.00000150. The minimum atomic E-state index is -0.358. The summed E-state index contributed by atoms with van der Waals surface area (Å²) in [4.78, 5) is 21.0. The van der Waals surface area contributed by atoms with Gasteiger partial charge in [0.25, 0.3) is 5.91 Å². The number of aromatic nitrogens is 2. The Kier molecular flexibility index (Phi) is 9.13. The Bertz CT molecular complexity index is 775. The standard InChI is InChI=1S/C18H22ClN5O3.2ClH/c19-14-3-1-13(2-4-14)17-21-16(27-22-17)12-23-6-8-24(9-7-23)18(25)15-11-20-5-10-26-15;;/h1-4,15,20H,5-12H2;2*1H. The number of carbonyl (C=O) groups is 1. The SMILES string of the molecule is Cl.Cl.O=C(C1CNCCO1)N1CCN(Cc2nc(-c3ccc(Cl)cc3)no2)CC1. The zero-order valence-corrected chi connectivity index (χ0v) is 18.1. The summed E-state index contributed by atoms with van der Waals surface area (Å²) in [6, 6.07) is 7.33. The third-order valence-electron chi connectivity index (χ3n) is 4.82. The van der Waals surface area contributed by atoms with Crippen molar-refractivity contribution in [2.24, 2.45) is 0 Å². The van der Waals surface area contributed by atoms with E-state index in [-0.39, 0.29) is 36.8 Å². The van der Waals surface area contributed by atoms with Gasteiger partial charge in [-0.3, -0.25) is 9.69 Å². The number of piperazine rings is 1. The highest BCUT2D eigenvalue weighted by Gasteiger charge is 2.29. The fraction of sp³-hybridized carbons (Fsp3) is 0.500. The highest BCUT2D eigenvalue weighted by atomic mass is 35.5. The number of rotatable bonds is 4. The van der Waals surface area contributed by atoms with Crippen LogP contribution < -0.4 is 5.32 Å². The minimum Gasteiger partial charge on any atom is -0.366 e. The van der Waals surface area contributed by atoms with E-state index in [1.54, 1.807) is 12.1 Å². The maximum atomic E-state index is 12.5. The maximum Gasteiger partial charge on any atom is 0.253 e. The van der Waals surface area contributed by atoms with Gasteiger partial charge < -0.3 is 19.5 Å². The quantitative estimate of drug-likeness (QED) is 0.739. The van der Waals surface area contributed by atoms with Crippen LogP contribution in [0.2, 0.25) is 5.02 Å². The van der Waals surface area contributed by atoms with Crippen LogP contribution in [-0.4, -0.2) is 77.8 Å². The molecule has 2 fully saturated rings. The summed E-state index contributed by atoms with van der Waals surface area (Å²) < 4.78 is 10.9. The third kappa shape index (κ3) is 6.04. The molecule has 0 saturated carbocycles. The van der Waals surface area contributed by atoms with Gasteiger partial charge in [-0.2, -0.15) is 4.98 Å². The van der Waals surface area contributed by atoms with Gasteiger partial charge in [0, 0.05) is 49.9 Å². The van der Waals surface area contributed by atoms with Gasteiger partial charge in [0.1, 0.15) is 6.10 Å². The zero-order valence-electron chi connectivity index (χ0n) is 15.8. The van der Waals surface area contributed by atoms with Crippen molar-refractivity contribution in [2.45, 2.75) is 12.6 Å². The molecule has 29 heavy (non-hydrogen) atoms. The number of amides is 1. The van der Waals surface area contributed by atoms with Crippen LogP contribution in [0.3, 0.4) is 0 Å². The van der Waals surface area contributed by atoms with Gasteiger partial charge in [-0.25, -0.2) is 0 Å². The first-order chi connectivity index (χ1) is 13.2. The van der Waals surface area contributed by atoms with Crippen LogP contribution in [0, 0.1) is 0 Å². The second-order valence-electron chi connectivity index (χ2n) is 6.68. The zero-order chi connectivity index (χ0) is 18.6.